The fourth-order valence-corrected chi connectivity index (χ4v) is 0.882. The van der Waals surface area contributed by atoms with Crippen molar-refractivity contribution < 1.29 is 10.0 Å². The number of carbonyl (C=O) groups excluding carboxylic acids is 1. The Bertz CT molecular complexity index is 286. The molecule has 0 aromatic heterocycles. The Morgan fingerprint density at radius 1 is 1.50 bits per heavy atom. The number of anilines is 1. The van der Waals surface area contributed by atoms with Gasteiger partial charge in [-0.2, -0.15) is 0 Å². The van der Waals surface area contributed by atoms with Crippen molar-refractivity contribution >= 4 is 11.7 Å². The lowest BCUT2D eigenvalue weighted by molar-refractivity contribution is 0.172. The molecule has 12 heavy (non-hydrogen) atoms. The number of amides is 2. The zero-order valence-electron chi connectivity index (χ0n) is 6.66. The summed E-state index contributed by atoms with van der Waals surface area (Å²) in [7, 11) is 0. The third kappa shape index (κ3) is 2.25. The van der Waals surface area contributed by atoms with Gasteiger partial charge in [-0.3, -0.25) is 5.21 Å². The van der Waals surface area contributed by atoms with Crippen LogP contribution in [0.2, 0.25) is 0 Å². The molecular formula is C8H10N2O2. The molecule has 64 valence electrons. The molecule has 0 radical (unpaired) electrons. The molecule has 0 spiro atoms. The quantitative estimate of drug-likeness (QED) is 0.437. The van der Waals surface area contributed by atoms with Crippen molar-refractivity contribution in [2.45, 2.75) is 6.92 Å². The lowest BCUT2D eigenvalue weighted by Gasteiger charge is -2.03. The number of hydrogen-bond donors (Lipinski definition) is 3. The Hall–Kier alpha value is -1.55. The molecule has 1 aromatic carbocycles. The normalized spacial score (nSPS) is 9.17. The molecule has 0 saturated carbocycles. The predicted octanol–water partition coefficient (Wildman–Crippen LogP) is 1.51. The molecule has 0 bridgehead atoms. The highest BCUT2D eigenvalue weighted by Crippen LogP contribution is 2.08. The molecule has 0 saturated heterocycles. The zero-order valence-corrected chi connectivity index (χ0v) is 6.66. The molecule has 3 N–H and O–H groups in total. The maximum atomic E-state index is 10.6. The van der Waals surface area contributed by atoms with Crippen molar-refractivity contribution in [2.24, 2.45) is 0 Å². The zero-order chi connectivity index (χ0) is 8.97. The van der Waals surface area contributed by atoms with Gasteiger partial charge in [0.15, 0.2) is 0 Å². The minimum Gasteiger partial charge on any atom is -0.306 e. The third-order valence-electron chi connectivity index (χ3n) is 1.38. The second-order valence-electron chi connectivity index (χ2n) is 2.44. The van der Waals surface area contributed by atoms with Crippen LogP contribution in [0.15, 0.2) is 24.3 Å². The number of hydrogen-bond acceptors (Lipinski definition) is 2. The van der Waals surface area contributed by atoms with Crippen LogP contribution in [0.1, 0.15) is 5.56 Å². The number of nitrogens with one attached hydrogen (secondary N) is 2. The van der Waals surface area contributed by atoms with E-state index in [0.29, 0.717) is 5.69 Å². The summed E-state index contributed by atoms with van der Waals surface area (Å²) in [6.45, 7) is 1.92. The summed E-state index contributed by atoms with van der Waals surface area (Å²) < 4.78 is 0. The number of aryl methyl sites for hydroxylation is 1. The highest BCUT2D eigenvalue weighted by Gasteiger charge is 1.97. The molecule has 0 atom stereocenters. The number of hydroxylamine groups is 1. The van der Waals surface area contributed by atoms with Crippen molar-refractivity contribution in [1.29, 1.82) is 0 Å². The Morgan fingerprint density at radius 2 is 2.25 bits per heavy atom. The van der Waals surface area contributed by atoms with Gasteiger partial charge in [0.05, 0.1) is 0 Å². The van der Waals surface area contributed by atoms with E-state index in [2.05, 4.69) is 5.32 Å². The molecular weight excluding hydrogens is 156 g/mol. The van der Waals surface area contributed by atoms with E-state index in [1.807, 2.05) is 19.1 Å². The topological polar surface area (TPSA) is 61.4 Å². The Morgan fingerprint density at radius 3 is 2.83 bits per heavy atom. The first kappa shape index (κ1) is 8.55. The molecule has 0 aliphatic carbocycles. The van der Waals surface area contributed by atoms with Crippen LogP contribution in [0.4, 0.5) is 10.5 Å². The first-order valence-electron chi connectivity index (χ1n) is 3.50. The van der Waals surface area contributed by atoms with Gasteiger partial charge in [-0.25, -0.2) is 10.3 Å². The Kier molecular flexibility index (Phi) is 2.66. The first-order chi connectivity index (χ1) is 5.72. The molecule has 4 nitrogen and oxygen atoms in total. The number of rotatable bonds is 1. The van der Waals surface area contributed by atoms with Gasteiger partial charge in [0.2, 0.25) is 0 Å². The summed E-state index contributed by atoms with van der Waals surface area (Å²) in [5.74, 6) is 0. The number of carbonyl (C=O) groups is 1. The monoisotopic (exact) mass is 166 g/mol. The van der Waals surface area contributed by atoms with Gasteiger partial charge in [-0.15, -0.1) is 0 Å². The van der Waals surface area contributed by atoms with E-state index in [0.717, 1.165) is 5.56 Å². The van der Waals surface area contributed by atoms with E-state index in [1.165, 1.54) is 5.48 Å². The standard InChI is InChI=1S/C8H10N2O2/c1-6-3-2-4-7(5-6)9-8(11)10-12/h2-5,12H,1H3,(H2,9,10,11). The predicted molar refractivity (Wildman–Crippen MR) is 45.1 cm³/mol. The van der Waals surface area contributed by atoms with Gasteiger partial charge >= 0.3 is 6.03 Å². The average molecular weight is 166 g/mol. The van der Waals surface area contributed by atoms with Gasteiger partial charge in [0.1, 0.15) is 0 Å². The van der Waals surface area contributed by atoms with Crippen LogP contribution >= 0.6 is 0 Å². The molecule has 0 unspecified atom stereocenters. The summed E-state index contributed by atoms with van der Waals surface area (Å²) in [6, 6.07) is 6.64. The van der Waals surface area contributed by atoms with Gasteiger partial charge < -0.3 is 5.32 Å². The fraction of sp³-hybridized carbons (Fsp3) is 0.125. The van der Waals surface area contributed by atoms with Crippen molar-refractivity contribution in [3.63, 3.8) is 0 Å². The van der Waals surface area contributed by atoms with E-state index >= 15 is 0 Å². The van der Waals surface area contributed by atoms with Crippen LogP contribution in [0.25, 0.3) is 0 Å². The summed E-state index contributed by atoms with van der Waals surface area (Å²) >= 11 is 0. The molecule has 0 heterocycles. The van der Waals surface area contributed by atoms with Crippen LogP contribution in [0.3, 0.4) is 0 Å². The van der Waals surface area contributed by atoms with E-state index < -0.39 is 6.03 Å². The Balaban J connectivity index is 2.69. The second kappa shape index (κ2) is 3.73. The molecule has 0 aliphatic rings. The van der Waals surface area contributed by atoms with E-state index in [1.54, 1.807) is 12.1 Å². The van der Waals surface area contributed by atoms with E-state index in [-0.39, 0.29) is 0 Å². The summed E-state index contributed by atoms with van der Waals surface area (Å²) in [5, 5.41) is 10.6. The molecule has 0 aliphatic heterocycles. The second-order valence-corrected chi connectivity index (χ2v) is 2.44. The largest absolute Gasteiger partial charge is 0.342 e. The van der Waals surface area contributed by atoms with Gasteiger partial charge in [0, 0.05) is 5.69 Å². The highest BCUT2D eigenvalue weighted by molar-refractivity contribution is 5.88. The first-order valence-corrected chi connectivity index (χ1v) is 3.50. The van der Waals surface area contributed by atoms with E-state index in [4.69, 9.17) is 5.21 Å². The number of benzene rings is 1. The van der Waals surface area contributed by atoms with Crippen LogP contribution in [0, 0.1) is 6.92 Å². The van der Waals surface area contributed by atoms with Gasteiger partial charge in [0.25, 0.3) is 0 Å². The lowest BCUT2D eigenvalue weighted by atomic mass is 10.2. The van der Waals surface area contributed by atoms with Crippen molar-refractivity contribution in [3.8, 4) is 0 Å². The SMILES string of the molecule is Cc1cccc(NC(=O)NO)c1. The van der Waals surface area contributed by atoms with Crippen molar-refractivity contribution in [1.82, 2.24) is 5.48 Å². The smallest absolute Gasteiger partial charge is 0.306 e. The fourth-order valence-electron chi connectivity index (χ4n) is 0.882. The lowest BCUT2D eigenvalue weighted by Crippen LogP contribution is -2.24. The molecule has 2 amide bonds. The van der Waals surface area contributed by atoms with Crippen molar-refractivity contribution in [3.05, 3.63) is 29.8 Å². The maximum absolute atomic E-state index is 10.6. The van der Waals surface area contributed by atoms with Gasteiger partial charge in [-0.05, 0) is 24.6 Å². The molecule has 1 aromatic rings. The third-order valence-corrected chi connectivity index (χ3v) is 1.38. The van der Waals surface area contributed by atoms with Crippen molar-refractivity contribution in [2.75, 3.05) is 5.32 Å². The van der Waals surface area contributed by atoms with Crippen LogP contribution in [0.5, 0.6) is 0 Å². The van der Waals surface area contributed by atoms with Crippen LogP contribution in [-0.2, 0) is 0 Å². The minimum atomic E-state index is -0.638. The minimum absolute atomic E-state index is 0.638. The van der Waals surface area contributed by atoms with Crippen LogP contribution < -0.4 is 10.8 Å². The van der Waals surface area contributed by atoms with Gasteiger partial charge in [-0.1, -0.05) is 12.1 Å². The van der Waals surface area contributed by atoms with Crippen LogP contribution in [-0.4, -0.2) is 11.2 Å². The number of urea groups is 1. The van der Waals surface area contributed by atoms with E-state index in [9.17, 15) is 4.79 Å². The maximum Gasteiger partial charge on any atom is 0.342 e. The highest BCUT2D eigenvalue weighted by atomic mass is 16.5. The summed E-state index contributed by atoms with van der Waals surface area (Å²) in [6.07, 6.45) is 0. The Labute approximate surface area is 70.2 Å². The summed E-state index contributed by atoms with van der Waals surface area (Å²) in [4.78, 5) is 10.6. The average Bonchev–Trinajstić information content (AvgIpc) is 2.04. The molecule has 1 rings (SSSR count). The summed E-state index contributed by atoms with van der Waals surface area (Å²) in [5.41, 5.74) is 3.18. The molecule has 0 fully saturated rings. The molecule has 4 heteroatoms.